The molecular weight excluding hydrogens is 757 g/mol. The molecule has 4 aromatic rings. The Bertz CT molecular complexity index is 2060. The van der Waals surface area contributed by atoms with Crippen LogP contribution in [0.5, 0.6) is 0 Å². The van der Waals surface area contributed by atoms with Crippen LogP contribution in [0.15, 0.2) is 83.9 Å². The molecule has 0 spiro atoms. The lowest BCUT2D eigenvalue weighted by Crippen LogP contribution is -2.66. The number of nitrogens with one attached hydrogen (secondary N) is 2. The molecule has 1 aliphatic carbocycles. The van der Waals surface area contributed by atoms with Gasteiger partial charge in [-0.2, -0.15) is 0 Å². The van der Waals surface area contributed by atoms with E-state index in [1.54, 1.807) is 18.3 Å². The molecule has 302 valence electrons. The van der Waals surface area contributed by atoms with Crippen molar-refractivity contribution in [1.82, 2.24) is 25.6 Å². The summed E-state index contributed by atoms with van der Waals surface area (Å²) in [5, 5.41) is 69.9. The number of hydrogen-bond donors (Lipinski definition) is 6. The standard InChI is InChI=1S/C40H46N6O10S/c1-3-25-7-9-26(10-8-25)27-11-13-28(14-12-27)37(51)42-39(19-5-4-6-20-39)33-23-45(44-43-33)22-32(49)35(50)36-34(41-24(2)47)31(48)21-40(56-36,38(52)53)57-30-17-15-29(16-18-30)46(54)55/h7-18,23,31-32,34-36,48-50H,3-6,19-22H2,1-2H3,(H,41,47)(H,42,51)(H,52,53)/t31-,32+,34+,35+,36?,40-/m0/s1. The fraction of sp³-hybridized carbons (Fsp3) is 0.425. The number of aromatic nitrogens is 3. The van der Waals surface area contributed by atoms with Gasteiger partial charge in [0.15, 0.2) is 0 Å². The van der Waals surface area contributed by atoms with E-state index in [1.165, 1.54) is 41.4 Å². The molecule has 6 N–H and O–H groups in total. The van der Waals surface area contributed by atoms with Gasteiger partial charge in [-0.1, -0.05) is 79.6 Å². The number of benzene rings is 3. The Morgan fingerprint density at radius 1 is 1.00 bits per heavy atom. The summed E-state index contributed by atoms with van der Waals surface area (Å²) in [5.41, 5.74) is 3.15. The number of nitrogens with zero attached hydrogens (tertiary/aromatic N) is 4. The van der Waals surface area contributed by atoms with Crippen molar-refractivity contribution in [1.29, 1.82) is 0 Å². The van der Waals surface area contributed by atoms with Crippen molar-refractivity contribution >= 4 is 35.2 Å². The van der Waals surface area contributed by atoms with Gasteiger partial charge in [0, 0.05) is 35.9 Å². The highest BCUT2D eigenvalue weighted by atomic mass is 32.2. The first-order valence-corrected chi connectivity index (χ1v) is 19.6. The lowest BCUT2D eigenvalue weighted by Gasteiger charge is -2.46. The van der Waals surface area contributed by atoms with Crippen LogP contribution in [0.25, 0.3) is 11.1 Å². The summed E-state index contributed by atoms with van der Waals surface area (Å²) in [5.74, 6) is -2.39. The number of non-ortho nitro benzene ring substituents is 1. The number of nitro groups is 1. The van der Waals surface area contributed by atoms with Crippen molar-refractivity contribution in [2.75, 3.05) is 0 Å². The average Bonchev–Trinajstić information content (AvgIpc) is 3.68. The fourth-order valence-electron chi connectivity index (χ4n) is 7.49. The second-order valence-electron chi connectivity index (χ2n) is 14.6. The summed E-state index contributed by atoms with van der Waals surface area (Å²) in [6.07, 6.45) is -0.896. The van der Waals surface area contributed by atoms with Gasteiger partial charge in [-0.25, -0.2) is 9.48 Å². The molecule has 17 heteroatoms. The summed E-state index contributed by atoms with van der Waals surface area (Å²) < 4.78 is 7.32. The van der Waals surface area contributed by atoms with E-state index in [4.69, 9.17) is 4.74 Å². The fourth-order valence-corrected chi connectivity index (χ4v) is 8.65. The molecule has 6 atom stereocenters. The molecule has 57 heavy (non-hydrogen) atoms. The number of aliphatic hydroxyl groups excluding tert-OH is 3. The molecule has 2 heterocycles. The Hall–Kier alpha value is -5.20. The van der Waals surface area contributed by atoms with Crippen molar-refractivity contribution in [3.63, 3.8) is 0 Å². The molecule has 1 unspecified atom stereocenters. The predicted octanol–water partition coefficient (Wildman–Crippen LogP) is 3.95. The highest BCUT2D eigenvalue weighted by molar-refractivity contribution is 8.01. The first kappa shape index (κ1) is 41.4. The number of aliphatic carboxylic acids is 1. The number of amides is 2. The Morgan fingerprint density at radius 3 is 2.21 bits per heavy atom. The predicted molar refractivity (Wildman–Crippen MR) is 208 cm³/mol. The van der Waals surface area contributed by atoms with Crippen molar-refractivity contribution in [2.24, 2.45) is 0 Å². The first-order valence-electron chi connectivity index (χ1n) is 18.8. The van der Waals surface area contributed by atoms with Crippen molar-refractivity contribution < 1.29 is 44.5 Å². The summed E-state index contributed by atoms with van der Waals surface area (Å²) in [6.45, 7) is 2.93. The number of thioether (sulfide) groups is 1. The van der Waals surface area contributed by atoms with Crippen LogP contribution in [-0.4, -0.2) is 93.5 Å². The molecule has 2 amide bonds. The van der Waals surface area contributed by atoms with Gasteiger partial charge in [-0.05, 0) is 60.2 Å². The third kappa shape index (κ3) is 9.34. The van der Waals surface area contributed by atoms with Gasteiger partial charge in [0.25, 0.3) is 11.6 Å². The molecule has 1 aromatic heterocycles. The van der Waals surface area contributed by atoms with Crippen molar-refractivity contribution in [2.45, 2.75) is 111 Å². The SMILES string of the molecule is CCc1ccc(-c2ccc(C(=O)NC3(c4cn(C[C@@H](O)[C@@H](O)C5O[C@@](Sc6ccc([N+](=O)[O-])cc6)(C(=O)O)C[C@H](O)[C@H]5NC(C)=O)nn4)CCCCC3)cc2)cc1. The minimum atomic E-state index is -2.22. The van der Waals surface area contributed by atoms with Gasteiger partial charge in [0.05, 0.1) is 35.3 Å². The van der Waals surface area contributed by atoms with Gasteiger partial charge in [0.2, 0.25) is 10.8 Å². The third-order valence-electron chi connectivity index (χ3n) is 10.6. The second-order valence-corrected chi connectivity index (χ2v) is 15.9. The average molecular weight is 803 g/mol. The normalized spacial score (nSPS) is 22.9. The van der Waals surface area contributed by atoms with Gasteiger partial charge in [-0.3, -0.25) is 19.7 Å². The van der Waals surface area contributed by atoms with Crippen molar-refractivity contribution in [3.8, 4) is 11.1 Å². The Balaban J connectivity index is 1.19. The number of carboxylic acid groups (broad SMARTS) is 1. The van der Waals surface area contributed by atoms with E-state index in [-0.39, 0.29) is 23.0 Å². The molecule has 2 fully saturated rings. The van der Waals surface area contributed by atoms with E-state index in [1.807, 2.05) is 12.1 Å². The zero-order chi connectivity index (χ0) is 40.9. The van der Waals surface area contributed by atoms with Crippen LogP contribution in [0, 0.1) is 10.1 Å². The number of nitro benzene ring substituents is 1. The van der Waals surface area contributed by atoms with E-state index in [9.17, 15) is 44.9 Å². The molecule has 0 bridgehead atoms. The van der Waals surface area contributed by atoms with Gasteiger partial charge in [0.1, 0.15) is 24.0 Å². The summed E-state index contributed by atoms with van der Waals surface area (Å²) in [7, 11) is 0. The van der Waals surface area contributed by atoms with Crippen molar-refractivity contribution in [3.05, 3.63) is 106 Å². The smallest absolute Gasteiger partial charge is 0.347 e. The largest absolute Gasteiger partial charge is 0.478 e. The van der Waals surface area contributed by atoms with Crippen LogP contribution in [0.3, 0.4) is 0 Å². The number of rotatable bonds is 14. The minimum absolute atomic E-state index is 0.220. The second kappa shape index (κ2) is 17.5. The van der Waals surface area contributed by atoms with Crippen LogP contribution in [0.2, 0.25) is 0 Å². The lowest BCUT2D eigenvalue weighted by atomic mass is 9.79. The number of aliphatic hydroxyl groups is 3. The Kier molecular flexibility index (Phi) is 12.7. The zero-order valence-corrected chi connectivity index (χ0v) is 32.3. The lowest BCUT2D eigenvalue weighted by molar-refractivity contribution is -0.384. The first-order chi connectivity index (χ1) is 27.2. The zero-order valence-electron chi connectivity index (χ0n) is 31.5. The van der Waals surface area contributed by atoms with Crippen LogP contribution in [0.4, 0.5) is 5.69 Å². The third-order valence-corrected chi connectivity index (χ3v) is 11.9. The quantitative estimate of drug-likeness (QED) is 0.0783. The van der Waals surface area contributed by atoms with Gasteiger partial charge < -0.3 is 35.8 Å². The highest BCUT2D eigenvalue weighted by Gasteiger charge is 2.55. The molecule has 16 nitrogen and oxygen atoms in total. The van der Waals surface area contributed by atoms with E-state index in [2.05, 4.69) is 52.1 Å². The maximum Gasteiger partial charge on any atom is 0.347 e. The summed E-state index contributed by atoms with van der Waals surface area (Å²) in [4.78, 5) is 47.2. The molecule has 2 aliphatic rings. The highest BCUT2D eigenvalue weighted by Crippen LogP contribution is 2.44. The van der Waals surface area contributed by atoms with Crippen LogP contribution < -0.4 is 10.6 Å². The van der Waals surface area contributed by atoms with E-state index in [0.717, 1.165) is 36.8 Å². The Labute approximate surface area is 332 Å². The summed E-state index contributed by atoms with van der Waals surface area (Å²) in [6, 6.07) is 19.4. The van der Waals surface area contributed by atoms with E-state index >= 15 is 0 Å². The van der Waals surface area contributed by atoms with Crippen LogP contribution in [0.1, 0.15) is 74.0 Å². The molecular formula is C40H46N6O10S. The van der Waals surface area contributed by atoms with Gasteiger partial charge in [-0.15, -0.1) is 5.10 Å². The molecule has 1 saturated carbocycles. The topological polar surface area (TPSA) is 239 Å². The molecule has 6 rings (SSSR count). The van der Waals surface area contributed by atoms with E-state index < -0.39 is 64.2 Å². The summed E-state index contributed by atoms with van der Waals surface area (Å²) >= 11 is 0.653. The molecule has 0 radical (unpaired) electrons. The number of ether oxygens (including phenoxy) is 1. The molecule has 1 saturated heterocycles. The number of aryl methyl sites for hydroxylation is 1. The number of carbonyl (C=O) groups is 3. The minimum Gasteiger partial charge on any atom is -0.478 e. The number of carboxylic acids is 1. The van der Waals surface area contributed by atoms with Crippen LogP contribution >= 0.6 is 11.8 Å². The molecule has 1 aliphatic heterocycles. The maximum absolute atomic E-state index is 13.7. The number of hydrogen-bond acceptors (Lipinski definition) is 12. The molecule has 3 aromatic carbocycles. The van der Waals surface area contributed by atoms with Gasteiger partial charge >= 0.3 is 5.97 Å². The van der Waals surface area contributed by atoms with E-state index in [0.29, 0.717) is 35.9 Å². The number of carbonyl (C=O) groups excluding carboxylic acids is 2. The van der Waals surface area contributed by atoms with Crippen LogP contribution in [-0.2, 0) is 32.8 Å². The monoisotopic (exact) mass is 802 g/mol. The Morgan fingerprint density at radius 2 is 1.63 bits per heavy atom. The maximum atomic E-state index is 13.7.